The van der Waals surface area contributed by atoms with E-state index in [1.165, 1.54) is 0 Å². The van der Waals surface area contributed by atoms with E-state index >= 15 is 0 Å². The van der Waals surface area contributed by atoms with Gasteiger partial charge in [0.1, 0.15) is 6.33 Å². The Kier molecular flexibility index (Phi) is 6.00. The van der Waals surface area contributed by atoms with Gasteiger partial charge in [0.05, 0.1) is 12.4 Å². The van der Waals surface area contributed by atoms with Crippen LogP contribution in [0.4, 0.5) is 0 Å². The van der Waals surface area contributed by atoms with Crippen LogP contribution in [0, 0.1) is 0 Å². The van der Waals surface area contributed by atoms with Crippen molar-refractivity contribution in [3.8, 4) is 0 Å². The summed E-state index contributed by atoms with van der Waals surface area (Å²) in [4.78, 5) is 4.36. The maximum absolute atomic E-state index is 5.19. The van der Waals surface area contributed by atoms with Gasteiger partial charge in [0.15, 0.2) is 11.0 Å². The van der Waals surface area contributed by atoms with Crippen LogP contribution in [-0.4, -0.2) is 38.6 Å². The van der Waals surface area contributed by atoms with Gasteiger partial charge < -0.3 is 13.8 Å². The summed E-state index contributed by atoms with van der Waals surface area (Å²) < 4.78 is 12.2. The first kappa shape index (κ1) is 15.0. The number of ether oxygens (including phenoxy) is 1. The van der Waals surface area contributed by atoms with E-state index < -0.39 is 0 Å². The molecular weight excluding hydrogens is 278 g/mol. The second-order valence-electron chi connectivity index (χ2n) is 4.30. The molecule has 7 nitrogen and oxygen atoms in total. The summed E-state index contributed by atoms with van der Waals surface area (Å²) in [5.74, 6) is 2.03. The summed E-state index contributed by atoms with van der Waals surface area (Å²) in [5.41, 5.74) is 0. The molecule has 0 radical (unpaired) electrons. The van der Waals surface area contributed by atoms with Gasteiger partial charge in [-0.05, 0) is 6.42 Å². The molecule has 0 N–H and O–H groups in total. The number of aryl methyl sites for hydroxylation is 1. The van der Waals surface area contributed by atoms with E-state index in [2.05, 4.69) is 27.3 Å². The molecule has 2 aromatic rings. The fourth-order valence-corrected chi connectivity index (χ4v) is 2.39. The van der Waals surface area contributed by atoms with Crippen molar-refractivity contribution in [3.05, 3.63) is 18.0 Å². The molecule has 0 fully saturated rings. The van der Waals surface area contributed by atoms with Gasteiger partial charge in [0, 0.05) is 20.1 Å². The molecule has 0 atom stereocenters. The molecule has 2 rings (SSSR count). The van der Waals surface area contributed by atoms with Gasteiger partial charge in [0.25, 0.3) is 0 Å². The summed E-state index contributed by atoms with van der Waals surface area (Å²) in [6.07, 6.45) is 4.73. The van der Waals surface area contributed by atoms with Crippen LogP contribution in [0.3, 0.4) is 0 Å². The first-order valence-corrected chi connectivity index (χ1v) is 7.63. The third-order valence-corrected chi connectivity index (χ3v) is 3.68. The molecule has 20 heavy (non-hydrogen) atoms. The van der Waals surface area contributed by atoms with Crippen molar-refractivity contribution in [1.82, 2.24) is 24.9 Å². The highest BCUT2D eigenvalue weighted by atomic mass is 32.2. The van der Waals surface area contributed by atoms with Crippen LogP contribution in [0.1, 0.15) is 31.5 Å². The molecule has 0 spiro atoms. The number of nitrogens with zero attached hydrogens (tertiary/aromatic N) is 5. The molecule has 0 aliphatic heterocycles. The summed E-state index contributed by atoms with van der Waals surface area (Å²) in [6, 6.07) is 0. The number of methoxy groups -OCH3 is 1. The summed E-state index contributed by atoms with van der Waals surface area (Å²) in [7, 11) is 1.67. The average molecular weight is 297 g/mol. The van der Waals surface area contributed by atoms with Crippen molar-refractivity contribution >= 4 is 11.8 Å². The van der Waals surface area contributed by atoms with Crippen LogP contribution in [0.5, 0.6) is 0 Å². The Labute approximate surface area is 122 Å². The third-order valence-electron chi connectivity index (χ3n) is 2.70. The van der Waals surface area contributed by atoms with Gasteiger partial charge in [-0.1, -0.05) is 30.3 Å². The zero-order valence-corrected chi connectivity index (χ0v) is 12.6. The van der Waals surface area contributed by atoms with Crippen LogP contribution >= 0.6 is 11.8 Å². The minimum absolute atomic E-state index is 0.626. The number of aromatic nitrogens is 5. The Bertz CT molecular complexity index is 513. The number of rotatable bonds is 9. The lowest BCUT2D eigenvalue weighted by atomic mass is 10.2. The normalized spacial score (nSPS) is 11.1. The average Bonchev–Trinajstić information content (AvgIpc) is 3.09. The zero-order valence-electron chi connectivity index (χ0n) is 11.8. The van der Waals surface area contributed by atoms with Gasteiger partial charge in [-0.3, -0.25) is 0 Å². The highest BCUT2D eigenvalue weighted by Gasteiger charge is 2.09. The highest BCUT2D eigenvalue weighted by molar-refractivity contribution is 7.98. The number of unbranched alkanes of at least 4 members (excludes halogenated alkanes) is 1. The van der Waals surface area contributed by atoms with E-state index in [0.717, 1.165) is 31.0 Å². The lowest BCUT2D eigenvalue weighted by Gasteiger charge is -2.03. The maximum Gasteiger partial charge on any atom is 0.226 e. The summed E-state index contributed by atoms with van der Waals surface area (Å²) >= 11 is 1.54. The standard InChI is InChI=1S/C12H19N5O2S/c1-3-4-5-11-14-10(16-19-11)8-20-12-15-13-9-17(12)6-7-18-2/h9H,3-8H2,1-2H3. The molecule has 0 amide bonds. The summed E-state index contributed by atoms with van der Waals surface area (Å²) in [5, 5.41) is 12.8. The number of thioether (sulfide) groups is 1. The molecule has 0 saturated heterocycles. The van der Waals surface area contributed by atoms with E-state index in [1.54, 1.807) is 25.2 Å². The SMILES string of the molecule is CCCCc1nc(CSc2nncn2CCOC)no1. The Morgan fingerprint density at radius 1 is 1.45 bits per heavy atom. The largest absolute Gasteiger partial charge is 0.383 e. The maximum atomic E-state index is 5.19. The fourth-order valence-electron chi connectivity index (χ4n) is 1.61. The molecule has 0 saturated carbocycles. The van der Waals surface area contributed by atoms with Crippen molar-refractivity contribution in [2.45, 2.75) is 43.6 Å². The molecule has 2 aromatic heterocycles. The smallest absolute Gasteiger partial charge is 0.226 e. The molecule has 0 aromatic carbocycles. The molecule has 0 aliphatic carbocycles. The summed E-state index contributed by atoms with van der Waals surface area (Å²) in [6.45, 7) is 3.51. The highest BCUT2D eigenvalue weighted by Crippen LogP contribution is 2.19. The Morgan fingerprint density at radius 2 is 2.35 bits per heavy atom. The van der Waals surface area contributed by atoms with Crippen molar-refractivity contribution in [2.24, 2.45) is 0 Å². The minimum atomic E-state index is 0.626. The predicted octanol–water partition coefficient (Wildman–Crippen LogP) is 1.94. The van der Waals surface area contributed by atoms with Crippen LogP contribution in [0.2, 0.25) is 0 Å². The lowest BCUT2D eigenvalue weighted by molar-refractivity contribution is 0.184. The van der Waals surface area contributed by atoms with Gasteiger partial charge in [-0.2, -0.15) is 4.98 Å². The van der Waals surface area contributed by atoms with Crippen LogP contribution in [-0.2, 0) is 23.5 Å². The topological polar surface area (TPSA) is 78.9 Å². The van der Waals surface area contributed by atoms with Crippen LogP contribution in [0.15, 0.2) is 16.0 Å². The van der Waals surface area contributed by atoms with E-state index in [9.17, 15) is 0 Å². The first-order chi connectivity index (χ1) is 9.83. The van der Waals surface area contributed by atoms with Crippen LogP contribution < -0.4 is 0 Å². The molecule has 0 aliphatic rings. The second kappa shape index (κ2) is 8.01. The van der Waals surface area contributed by atoms with E-state index in [1.807, 2.05) is 4.57 Å². The third kappa shape index (κ3) is 4.31. The Morgan fingerprint density at radius 3 is 3.15 bits per heavy atom. The van der Waals surface area contributed by atoms with Gasteiger partial charge >= 0.3 is 0 Å². The first-order valence-electron chi connectivity index (χ1n) is 6.64. The quantitative estimate of drug-likeness (QED) is 0.654. The second-order valence-corrected chi connectivity index (χ2v) is 5.24. The Hall–Kier alpha value is -1.41. The van der Waals surface area contributed by atoms with Gasteiger partial charge in [-0.25, -0.2) is 0 Å². The molecule has 8 heteroatoms. The van der Waals surface area contributed by atoms with E-state index in [-0.39, 0.29) is 0 Å². The monoisotopic (exact) mass is 297 g/mol. The van der Waals surface area contributed by atoms with Crippen molar-refractivity contribution < 1.29 is 9.26 Å². The van der Waals surface area contributed by atoms with Gasteiger partial charge in [-0.15, -0.1) is 10.2 Å². The molecule has 2 heterocycles. The van der Waals surface area contributed by atoms with Crippen molar-refractivity contribution in [1.29, 1.82) is 0 Å². The minimum Gasteiger partial charge on any atom is -0.383 e. The number of hydrogen-bond acceptors (Lipinski definition) is 7. The Balaban J connectivity index is 1.85. The van der Waals surface area contributed by atoms with Crippen molar-refractivity contribution in [2.75, 3.05) is 13.7 Å². The molecule has 0 bridgehead atoms. The van der Waals surface area contributed by atoms with E-state index in [4.69, 9.17) is 9.26 Å². The van der Waals surface area contributed by atoms with Gasteiger partial charge in [0.2, 0.25) is 5.89 Å². The van der Waals surface area contributed by atoms with Crippen molar-refractivity contribution in [3.63, 3.8) is 0 Å². The zero-order chi connectivity index (χ0) is 14.2. The number of hydrogen-bond donors (Lipinski definition) is 0. The fraction of sp³-hybridized carbons (Fsp3) is 0.667. The molecular formula is C12H19N5O2S. The molecule has 0 unspecified atom stereocenters. The van der Waals surface area contributed by atoms with E-state index in [0.29, 0.717) is 24.1 Å². The van der Waals surface area contributed by atoms with Crippen LogP contribution in [0.25, 0.3) is 0 Å². The lowest BCUT2D eigenvalue weighted by Crippen LogP contribution is -2.04. The molecule has 110 valence electrons. The predicted molar refractivity (Wildman–Crippen MR) is 74.4 cm³/mol.